The molecule has 1 aliphatic carbocycles. The molecule has 1 N–H and O–H groups in total. The molecule has 4 nitrogen and oxygen atoms in total. The Labute approximate surface area is 112 Å². The van der Waals surface area contributed by atoms with Crippen LogP contribution >= 0.6 is 0 Å². The molecule has 1 aromatic carbocycles. The van der Waals surface area contributed by atoms with Crippen molar-refractivity contribution in [1.82, 2.24) is 9.97 Å². The van der Waals surface area contributed by atoms with E-state index in [1.807, 2.05) is 36.7 Å². The van der Waals surface area contributed by atoms with E-state index >= 15 is 0 Å². The lowest BCUT2D eigenvalue weighted by Gasteiger charge is -2.06. The number of hydrogen-bond donors (Lipinski definition) is 1. The summed E-state index contributed by atoms with van der Waals surface area (Å²) >= 11 is 0. The van der Waals surface area contributed by atoms with Crippen molar-refractivity contribution in [2.45, 2.75) is 12.8 Å². The number of ether oxygens (including phenoxy) is 1. The minimum atomic E-state index is 0.633. The van der Waals surface area contributed by atoms with Crippen molar-refractivity contribution in [3.05, 3.63) is 36.7 Å². The highest BCUT2D eigenvalue weighted by Gasteiger charge is 2.21. The summed E-state index contributed by atoms with van der Waals surface area (Å²) in [6.07, 6.45) is 6.26. The van der Waals surface area contributed by atoms with E-state index in [0.717, 1.165) is 29.4 Å². The molecule has 1 fully saturated rings. The van der Waals surface area contributed by atoms with Gasteiger partial charge >= 0.3 is 0 Å². The summed E-state index contributed by atoms with van der Waals surface area (Å²) in [6.45, 7) is 0.847. The first-order valence-electron chi connectivity index (χ1n) is 6.58. The van der Waals surface area contributed by atoms with E-state index in [0.29, 0.717) is 5.95 Å². The van der Waals surface area contributed by atoms with Gasteiger partial charge < -0.3 is 10.1 Å². The van der Waals surface area contributed by atoms with Crippen LogP contribution in [-0.4, -0.2) is 23.6 Å². The van der Waals surface area contributed by atoms with Gasteiger partial charge in [-0.15, -0.1) is 0 Å². The molecule has 3 rings (SSSR count). The summed E-state index contributed by atoms with van der Waals surface area (Å²) in [7, 11) is 1.81. The average Bonchev–Trinajstić information content (AvgIpc) is 3.30. The molecule has 0 bridgehead atoms. The summed E-state index contributed by atoms with van der Waals surface area (Å²) in [5.41, 5.74) is 2.11. The quantitative estimate of drug-likeness (QED) is 0.892. The summed E-state index contributed by atoms with van der Waals surface area (Å²) in [6, 6.07) is 8.09. The zero-order valence-electron chi connectivity index (χ0n) is 11.0. The minimum Gasteiger partial charge on any atom is -0.493 e. The standard InChI is InChI=1S/C15H17N3O/c1-16-15-17-8-13(9-18-15)12-4-6-14(7-5-12)19-10-11-2-3-11/h4-9,11H,2-3,10H2,1H3,(H,16,17,18). The fourth-order valence-electron chi connectivity index (χ4n) is 1.85. The Kier molecular flexibility index (Phi) is 3.31. The number of anilines is 1. The van der Waals surface area contributed by atoms with Crippen LogP contribution in [0.15, 0.2) is 36.7 Å². The molecule has 1 aliphatic rings. The molecule has 4 heteroatoms. The molecule has 0 aliphatic heterocycles. The molecule has 19 heavy (non-hydrogen) atoms. The number of nitrogens with one attached hydrogen (secondary N) is 1. The van der Waals surface area contributed by atoms with Gasteiger partial charge in [-0.3, -0.25) is 0 Å². The van der Waals surface area contributed by atoms with Gasteiger partial charge in [-0.2, -0.15) is 0 Å². The maximum Gasteiger partial charge on any atom is 0.222 e. The highest BCUT2D eigenvalue weighted by Crippen LogP contribution is 2.30. The maximum atomic E-state index is 5.72. The summed E-state index contributed by atoms with van der Waals surface area (Å²) < 4.78 is 5.72. The van der Waals surface area contributed by atoms with Crippen molar-refractivity contribution in [3.63, 3.8) is 0 Å². The lowest BCUT2D eigenvalue weighted by molar-refractivity contribution is 0.300. The largest absolute Gasteiger partial charge is 0.493 e. The topological polar surface area (TPSA) is 47.0 Å². The van der Waals surface area contributed by atoms with E-state index in [-0.39, 0.29) is 0 Å². The number of benzene rings is 1. The predicted molar refractivity (Wildman–Crippen MR) is 75.2 cm³/mol. The summed E-state index contributed by atoms with van der Waals surface area (Å²) in [4.78, 5) is 8.42. The van der Waals surface area contributed by atoms with Crippen LogP contribution in [0.1, 0.15) is 12.8 Å². The zero-order chi connectivity index (χ0) is 13.1. The monoisotopic (exact) mass is 255 g/mol. The second-order valence-electron chi connectivity index (χ2n) is 4.82. The fraction of sp³-hybridized carbons (Fsp3) is 0.333. The molecule has 0 radical (unpaired) electrons. The van der Waals surface area contributed by atoms with Gasteiger partial charge in [0.15, 0.2) is 0 Å². The molecule has 0 atom stereocenters. The molecule has 1 aromatic heterocycles. The van der Waals surface area contributed by atoms with E-state index in [1.165, 1.54) is 12.8 Å². The Morgan fingerprint density at radius 1 is 1.11 bits per heavy atom. The Morgan fingerprint density at radius 2 is 1.79 bits per heavy atom. The van der Waals surface area contributed by atoms with Crippen LogP contribution in [-0.2, 0) is 0 Å². The van der Waals surface area contributed by atoms with E-state index in [1.54, 1.807) is 7.05 Å². The van der Waals surface area contributed by atoms with Crippen LogP contribution in [0.25, 0.3) is 11.1 Å². The van der Waals surface area contributed by atoms with Crippen molar-refractivity contribution >= 4 is 5.95 Å². The molecule has 98 valence electrons. The summed E-state index contributed by atoms with van der Waals surface area (Å²) in [5, 5.41) is 2.91. The third kappa shape index (κ3) is 3.02. The van der Waals surface area contributed by atoms with Crippen LogP contribution in [0.3, 0.4) is 0 Å². The van der Waals surface area contributed by atoms with E-state index < -0.39 is 0 Å². The Morgan fingerprint density at radius 3 is 2.37 bits per heavy atom. The molecule has 1 saturated carbocycles. The number of aromatic nitrogens is 2. The van der Waals surface area contributed by atoms with Crippen molar-refractivity contribution in [2.75, 3.05) is 19.0 Å². The number of hydrogen-bond acceptors (Lipinski definition) is 4. The van der Waals surface area contributed by atoms with Crippen LogP contribution in [0.5, 0.6) is 5.75 Å². The van der Waals surface area contributed by atoms with Gasteiger partial charge in [-0.05, 0) is 36.5 Å². The second-order valence-corrected chi connectivity index (χ2v) is 4.82. The lowest BCUT2D eigenvalue weighted by atomic mass is 10.1. The van der Waals surface area contributed by atoms with Crippen molar-refractivity contribution in [1.29, 1.82) is 0 Å². The first-order chi connectivity index (χ1) is 9.35. The molecule has 0 unspecified atom stereocenters. The Hall–Kier alpha value is -2.10. The average molecular weight is 255 g/mol. The Balaban J connectivity index is 1.69. The Bertz CT molecular complexity index is 532. The van der Waals surface area contributed by atoms with Gasteiger partial charge in [0.1, 0.15) is 5.75 Å². The molecule has 1 heterocycles. The normalized spacial score (nSPS) is 14.2. The van der Waals surface area contributed by atoms with E-state index in [2.05, 4.69) is 15.3 Å². The van der Waals surface area contributed by atoms with Crippen LogP contribution < -0.4 is 10.1 Å². The molecule has 0 saturated heterocycles. The van der Waals surface area contributed by atoms with Gasteiger partial charge in [0.25, 0.3) is 0 Å². The van der Waals surface area contributed by atoms with Crippen LogP contribution in [0, 0.1) is 5.92 Å². The molecular formula is C15H17N3O. The molecule has 0 spiro atoms. The van der Waals surface area contributed by atoms with E-state index in [4.69, 9.17) is 4.74 Å². The molecule has 2 aromatic rings. The highest BCUT2D eigenvalue weighted by atomic mass is 16.5. The van der Waals surface area contributed by atoms with Gasteiger partial charge in [0.2, 0.25) is 5.95 Å². The van der Waals surface area contributed by atoms with Crippen molar-refractivity contribution in [3.8, 4) is 16.9 Å². The minimum absolute atomic E-state index is 0.633. The fourth-order valence-corrected chi connectivity index (χ4v) is 1.85. The SMILES string of the molecule is CNc1ncc(-c2ccc(OCC3CC3)cc2)cn1. The van der Waals surface area contributed by atoms with Gasteiger partial charge in [0, 0.05) is 25.0 Å². The second kappa shape index (κ2) is 5.26. The first kappa shape index (κ1) is 12.0. The third-order valence-corrected chi connectivity index (χ3v) is 3.25. The van der Waals surface area contributed by atoms with Gasteiger partial charge in [-0.25, -0.2) is 9.97 Å². The molecule has 0 amide bonds. The van der Waals surface area contributed by atoms with Gasteiger partial charge in [0.05, 0.1) is 6.61 Å². The van der Waals surface area contributed by atoms with Crippen molar-refractivity contribution in [2.24, 2.45) is 5.92 Å². The summed E-state index contributed by atoms with van der Waals surface area (Å²) in [5.74, 6) is 2.35. The number of nitrogens with zero attached hydrogens (tertiary/aromatic N) is 2. The maximum absolute atomic E-state index is 5.72. The van der Waals surface area contributed by atoms with Crippen molar-refractivity contribution < 1.29 is 4.74 Å². The smallest absolute Gasteiger partial charge is 0.222 e. The van der Waals surface area contributed by atoms with E-state index in [9.17, 15) is 0 Å². The number of rotatable bonds is 5. The lowest BCUT2D eigenvalue weighted by Crippen LogP contribution is -1.98. The zero-order valence-corrected chi connectivity index (χ0v) is 11.0. The van der Waals surface area contributed by atoms with Crippen LogP contribution in [0.4, 0.5) is 5.95 Å². The highest BCUT2D eigenvalue weighted by molar-refractivity contribution is 5.62. The van der Waals surface area contributed by atoms with Gasteiger partial charge in [-0.1, -0.05) is 12.1 Å². The molecular weight excluding hydrogens is 238 g/mol. The van der Waals surface area contributed by atoms with Crippen LogP contribution in [0.2, 0.25) is 0 Å². The first-order valence-corrected chi connectivity index (χ1v) is 6.58. The third-order valence-electron chi connectivity index (χ3n) is 3.25. The predicted octanol–water partition coefficient (Wildman–Crippen LogP) is 2.97.